The fraction of sp³-hybridized carbons (Fsp3) is 0.231. The lowest BCUT2D eigenvalue weighted by Gasteiger charge is -2.05. The molecule has 0 atom stereocenters. The van der Waals surface area contributed by atoms with E-state index in [9.17, 15) is 0 Å². The molecule has 0 unspecified atom stereocenters. The number of nitrogens with zero attached hydrogens (tertiary/aromatic N) is 1. The van der Waals surface area contributed by atoms with Gasteiger partial charge in [0.15, 0.2) is 0 Å². The molecule has 0 amide bonds. The van der Waals surface area contributed by atoms with Crippen LogP contribution in [0.25, 0.3) is 0 Å². The summed E-state index contributed by atoms with van der Waals surface area (Å²) in [6, 6.07) is 10.0. The van der Waals surface area contributed by atoms with Crippen LogP contribution in [-0.4, -0.2) is 17.1 Å². The number of aromatic nitrogens is 2. The zero-order chi connectivity index (χ0) is 13.7. The predicted octanol–water partition coefficient (Wildman–Crippen LogP) is 4.34. The third-order valence-corrected chi connectivity index (χ3v) is 4.10. The number of nitrogens with one attached hydrogen (secondary N) is 1. The van der Waals surface area contributed by atoms with Gasteiger partial charge in [0.1, 0.15) is 10.5 Å². The van der Waals surface area contributed by atoms with Crippen LogP contribution >= 0.6 is 39.9 Å². The molecule has 0 saturated carbocycles. The second-order valence-electron chi connectivity index (χ2n) is 3.87. The molecule has 0 aliphatic heterocycles. The summed E-state index contributed by atoms with van der Waals surface area (Å²) in [7, 11) is 1.66. The van der Waals surface area contributed by atoms with Crippen LogP contribution in [-0.2, 0) is 17.1 Å². The largest absolute Gasteiger partial charge is 0.378 e. The van der Waals surface area contributed by atoms with Crippen molar-refractivity contribution in [2.45, 2.75) is 17.3 Å². The number of ether oxygens (including phenoxy) is 1. The molecular weight excluding hydrogens is 344 g/mol. The van der Waals surface area contributed by atoms with E-state index in [0.29, 0.717) is 11.2 Å². The normalized spacial score (nSPS) is 10.6. The SMILES string of the molecule is COCc1cc(=S)nc(CSc2ccc(Br)cc2)[nH]1. The van der Waals surface area contributed by atoms with Crippen molar-refractivity contribution in [1.29, 1.82) is 0 Å². The molecule has 1 heterocycles. The van der Waals surface area contributed by atoms with E-state index in [1.807, 2.05) is 18.2 Å². The van der Waals surface area contributed by atoms with Gasteiger partial charge in [0.2, 0.25) is 0 Å². The Bertz CT molecular complexity index is 598. The molecule has 100 valence electrons. The first-order chi connectivity index (χ1) is 9.17. The van der Waals surface area contributed by atoms with Gasteiger partial charge in [0, 0.05) is 22.2 Å². The fourth-order valence-electron chi connectivity index (χ4n) is 1.55. The zero-order valence-corrected chi connectivity index (χ0v) is 13.6. The molecule has 3 nitrogen and oxygen atoms in total. The second-order valence-corrected chi connectivity index (χ2v) is 6.25. The molecule has 1 N–H and O–H groups in total. The maximum absolute atomic E-state index is 5.15. The third-order valence-electron chi connectivity index (χ3n) is 2.34. The number of rotatable bonds is 5. The molecule has 0 spiro atoms. The second kappa shape index (κ2) is 7.19. The summed E-state index contributed by atoms with van der Waals surface area (Å²) in [6.45, 7) is 0.516. The Balaban J connectivity index is 2.06. The summed E-state index contributed by atoms with van der Waals surface area (Å²) in [5.74, 6) is 1.62. The van der Waals surface area contributed by atoms with Gasteiger partial charge in [-0.1, -0.05) is 28.1 Å². The number of aromatic amines is 1. The van der Waals surface area contributed by atoms with Crippen molar-refractivity contribution in [2.24, 2.45) is 0 Å². The van der Waals surface area contributed by atoms with Gasteiger partial charge in [0.25, 0.3) is 0 Å². The van der Waals surface area contributed by atoms with Crippen LogP contribution in [0.5, 0.6) is 0 Å². The number of benzene rings is 1. The smallest absolute Gasteiger partial charge is 0.130 e. The van der Waals surface area contributed by atoms with Gasteiger partial charge in [-0.2, -0.15) is 0 Å². The van der Waals surface area contributed by atoms with E-state index in [0.717, 1.165) is 21.7 Å². The summed E-state index contributed by atoms with van der Waals surface area (Å²) in [5.41, 5.74) is 0.953. The van der Waals surface area contributed by atoms with Crippen LogP contribution in [0.2, 0.25) is 0 Å². The molecular formula is C13H13BrN2OS2. The molecule has 0 aliphatic carbocycles. The quantitative estimate of drug-likeness (QED) is 0.638. The van der Waals surface area contributed by atoms with Crippen molar-refractivity contribution in [3.05, 3.63) is 51.0 Å². The molecule has 0 bridgehead atoms. The number of methoxy groups -OCH3 is 1. The van der Waals surface area contributed by atoms with E-state index in [2.05, 4.69) is 38.0 Å². The highest BCUT2D eigenvalue weighted by Crippen LogP contribution is 2.23. The molecule has 2 rings (SSSR count). The highest BCUT2D eigenvalue weighted by molar-refractivity contribution is 9.10. The number of hydrogen-bond donors (Lipinski definition) is 1. The summed E-state index contributed by atoms with van der Waals surface area (Å²) in [6.07, 6.45) is 0. The van der Waals surface area contributed by atoms with Gasteiger partial charge >= 0.3 is 0 Å². The van der Waals surface area contributed by atoms with Gasteiger partial charge in [-0.15, -0.1) is 11.8 Å². The molecule has 0 saturated heterocycles. The highest BCUT2D eigenvalue weighted by Gasteiger charge is 2.01. The van der Waals surface area contributed by atoms with Crippen molar-refractivity contribution in [2.75, 3.05) is 7.11 Å². The average molecular weight is 357 g/mol. The third kappa shape index (κ3) is 4.72. The van der Waals surface area contributed by atoms with Crippen molar-refractivity contribution in [3.63, 3.8) is 0 Å². The summed E-state index contributed by atoms with van der Waals surface area (Å²) < 4.78 is 6.77. The van der Waals surface area contributed by atoms with E-state index >= 15 is 0 Å². The lowest BCUT2D eigenvalue weighted by atomic mass is 10.4. The Morgan fingerprint density at radius 1 is 1.37 bits per heavy atom. The Morgan fingerprint density at radius 3 is 2.79 bits per heavy atom. The maximum atomic E-state index is 5.15. The minimum atomic E-state index is 0.516. The van der Waals surface area contributed by atoms with Crippen LogP contribution in [0.4, 0.5) is 0 Å². The lowest BCUT2D eigenvalue weighted by molar-refractivity contribution is 0.181. The molecule has 19 heavy (non-hydrogen) atoms. The molecule has 1 aromatic carbocycles. The Kier molecular flexibility index (Phi) is 5.57. The Hall–Kier alpha value is -0.690. The average Bonchev–Trinajstić information content (AvgIpc) is 2.38. The van der Waals surface area contributed by atoms with Crippen LogP contribution in [0.15, 0.2) is 39.7 Å². The van der Waals surface area contributed by atoms with Gasteiger partial charge in [-0.3, -0.25) is 0 Å². The van der Waals surface area contributed by atoms with E-state index in [1.54, 1.807) is 18.9 Å². The maximum Gasteiger partial charge on any atom is 0.130 e. The van der Waals surface area contributed by atoms with E-state index in [4.69, 9.17) is 17.0 Å². The van der Waals surface area contributed by atoms with E-state index in [1.165, 1.54) is 4.90 Å². The first kappa shape index (κ1) is 14.7. The number of H-pyrrole nitrogens is 1. The van der Waals surface area contributed by atoms with Crippen molar-refractivity contribution in [1.82, 2.24) is 9.97 Å². The van der Waals surface area contributed by atoms with Crippen LogP contribution in [0, 0.1) is 4.64 Å². The molecule has 0 radical (unpaired) electrons. The topological polar surface area (TPSA) is 37.9 Å². The van der Waals surface area contributed by atoms with E-state index < -0.39 is 0 Å². The Labute approximate surface area is 129 Å². The summed E-state index contributed by atoms with van der Waals surface area (Å²) in [5, 5.41) is 0. The minimum Gasteiger partial charge on any atom is -0.378 e. The first-order valence-electron chi connectivity index (χ1n) is 5.64. The van der Waals surface area contributed by atoms with Crippen LogP contribution in [0.1, 0.15) is 11.5 Å². The highest BCUT2D eigenvalue weighted by atomic mass is 79.9. The van der Waals surface area contributed by atoms with Gasteiger partial charge in [-0.25, -0.2) is 4.98 Å². The Morgan fingerprint density at radius 2 is 2.11 bits per heavy atom. The van der Waals surface area contributed by atoms with Gasteiger partial charge < -0.3 is 9.72 Å². The zero-order valence-electron chi connectivity index (χ0n) is 10.4. The van der Waals surface area contributed by atoms with Crippen LogP contribution in [0.3, 0.4) is 0 Å². The fourth-order valence-corrected chi connectivity index (χ4v) is 2.83. The summed E-state index contributed by atoms with van der Waals surface area (Å²) >= 11 is 10.3. The molecule has 0 fully saturated rings. The minimum absolute atomic E-state index is 0.516. The summed E-state index contributed by atoms with van der Waals surface area (Å²) in [4.78, 5) is 8.75. The molecule has 2 aromatic rings. The van der Waals surface area contributed by atoms with Gasteiger partial charge in [0.05, 0.1) is 12.4 Å². The van der Waals surface area contributed by atoms with E-state index in [-0.39, 0.29) is 0 Å². The number of hydrogen-bond acceptors (Lipinski definition) is 4. The molecule has 1 aromatic heterocycles. The molecule has 0 aliphatic rings. The van der Waals surface area contributed by atoms with Crippen molar-refractivity contribution < 1.29 is 4.74 Å². The van der Waals surface area contributed by atoms with Gasteiger partial charge in [-0.05, 0) is 30.3 Å². The van der Waals surface area contributed by atoms with Crippen molar-refractivity contribution in [3.8, 4) is 0 Å². The number of halogens is 1. The first-order valence-corrected chi connectivity index (χ1v) is 7.82. The molecule has 6 heteroatoms. The lowest BCUT2D eigenvalue weighted by Crippen LogP contribution is -1.99. The van der Waals surface area contributed by atoms with Crippen molar-refractivity contribution >= 4 is 39.9 Å². The van der Waals surface area contributed by atoms with Crippen LogP contribution < -0.4 is 0 Å². The predicted molar refractivity (Wildman–Crippen MR) is 83.8 cm³/mol. The number of thioether (sulfide) groups is 1. The standard InChI is InChI=1S/C13H13BrN2OS2/c1-17-7-10-6-13(18)16-12(15-10)8-19-11-4-2-9(14)3-5-11/h2-6H,7-8H2,1H3,(H,15,16,18). The monoisotopic (exact) mass is 356 g/mol.